The van der Waals surface area contributed by atoms with Gasteiger partial charge in [0.1, 0.15) is 12.2 Å². The molecule has 0 N–H and O–H groups in total. The number of benzene rings is 1. The van der Waals surface area contributed by atoms with Crippen molar-refractivity contribution in [3.05, 3.63) is 34.3 Å². The molecule has 0 amide bonds. The average Bonchev–Trinajstić information content (AvgIpc) is 2.19. The second-order valence-electron chi connectivity index (χ2n) is 2.92. The van der Waals surface area contributed by atoms with Crippen molar-refractivity contribution in [2.75, 3.05) is 6.61 Å². The Morgan fingerprint density at radius 1 is 1.60 bits per heavy atom. The Balaban J connectivity index is 2.92. The van der Waals surface area contributed by atoms with Crippen LogP contribution >= 0.6 is 15.9 Å². The molecule has 1 aromatic carbocycles. The molecule has 0 heterocycles. The maximum atomic E-state index is 11.4. The van der Waals surface area contributed by atoms with E-state index < -0.39 is 11.9 Å². The molecule has 3 nitrogen and oxygen atoms in total. The summed E-state index contributed by atoms with van der Waals surface area (Å²) in [6.45, 7) is 1.98. The summed E-state index contributed by atoms with van der Waals surface area (Å²) in [5.41, 5.74) is 0.637. The number of esters is 1. The van der Waals surface area contributed by atoms with Gasteiger partial charge in [0, 0.05) is 4.47 Å². The van der Waals surface area contributed by atoms with Gasteiger partial charge in [0.15, 0.2) is 0 Å². The van der Waals surface area contributed by atoms with E-state index in [4.69, 9.17) is 4.74 Å². The van der Waals surface area contributed by atoms with Gasteiger partial charge in [-0.1, -0.05) is 28.1 Å². The highest BCUT2D eigenvalue weighted by molar-refractivity contribution is 9.10. The fraction of sp³-hybridized carbons (Fsp3) is 0.273. The average molecular weight is 271 g/mol. The first-order valence-corrected chi connectivity index (χ1v) is 5.35. The van der Waals surface area contributed by atoms with Crippen LogP contribution in [0.5, 0.6) is 0 Å². The van der Waals surface area contributed by atoms with E-state index in [1.165, 1.54) is 0 Å². The molecule has 1 aromatic rings. The number of halogens is 1. The minimum atomic E-state index is -0.831. The van der Waals surface area contributed by atoms with Crippen LogP contribution in [0.25, 0.3) is 0 Å². The van der Waals surface area contributed by atoms with Crippen molar-refractivity contribution >= 4 is 28.2 Å². The number of aldehydes is 1. The molecule has 80 valence electrons. The third kappa shape index (κ3) is 3.16. The number of carbonyl (C=O) groups is 2. The Bertz CT molecular complexity index is 363. The summed E-state index contributed by atoms with van der Waals surface area (Å²) in [7, 11) is 0. The second-order valence-corrected chi connectivity index (χ2v) is 3.84. The molecular weight excluding hydrogens is 260 g/mol. The fourth-order valence-corrected chi connectivity index (χ4v) is 1.62. The van der Waals surface area contributed by atoms with Crippen molar-refractivity contribution in [1.82, 2.24) is 0 Å². The Morgan fingerprint density at radius 3 is 2.87 bits per heavy atom. The highest BCUT2D eigenvalue weighted by Crippen LogP contribution is 2.19. The quantitative estimate of drug-likeness (QED) is 0.479. The van der Waals surface area contributed by atoms with Crippen LogP contribution < -0.4 is 0 Å². The maximum Gasteiger partial charge on any atom is 0.320 e. The number of carbonyl (C=O) groups excluding carboxylic acids is 2. The molecule has 0 bridgehead atoms. The van der Waals surface area contributed by atoms with Crippen LogP contribution in [0.15, 0.2) is 28.7 Å². The van der Waals surface area contributed by atoms with Gasteiger partial charge in [0.2, 0.25) is 0 Å². The van der Waals surface area contributed by atoms with Gasteiger partial charge in [-0.15, -0.1) is 0 Å². The normalized spacial score (nSPS) is 11.9. The lowest BCUT2D eigenvalue weighted by atomic mass is 10.0. The number of rotatable bonds is 4. The number of ether oxygens (including phenoxy) is 1. The highest BCUT2D eigenvalue weighted by Gasteiger charge is 2.20. The number of hydrogen-bond donors (Lipinski definition) is 0. The summed E-state index contributed by atoms with van der Waals surface area (Å²) >= 11 is 3.28. The van der Waals surface area contributed by atoms with Gasteiger partial charge >= 0.3 is 5.97 Å². The fourth-order valence-electron chi connectivity index (χ4n) is 1.20. The van der Waals surface area contributed by atoms with Crippen molar-refractivity contribution in [2.45, 2.75) is 12.8 Å². The van der Waals surface area contributed by atoms with Gasteiger partial charge in [-0.2, -0.15) is 0 Å². The molecule has 0 radical (unpaired) electrons. The van der Waals surface area contributed by atoms with E-state index in [1.54, 1.807) is 25.1 Å². The maximum absolute atomic E-state index is 11.4. The zero-order chi connectivity index (χ0) is 11.3. The molecule has 0 aromatic heterocycles. The summed E-state index contributed by atoms with van der Waals surface area (Å²) < 4.78 is 5.63. The van der Waals surface area contributed by atoms with Gasteiger partial charge in [-0.3, -0.25) is 4.79 Å². The van der Waals surface area contributed by atoms with Crippen molar-refractivity contribution in [3.8, 4) is 0 Å². The molecule has 1 rings (SSSR count). The molecule has 0 spiro atoms. The van der Waals surface area contributed by atoms with E-state index in [0.717, 1.165) is 4.47 Å². The molecule has 0 saturated heterocycles. The van der Waals surface area contributed by atoms with Gasteiger partial charge in [0.25, 0.3) is 0 Å². The molecule has 4 heteroatoms. The third-order valence-electron chi connectivity index (χ3n) is 1.88. The molecule has 0 aliphatic rings. The van der Waals surface area contributed by atoms with Gasteiger partial charge < -0.3 is 9.53 Å². The van der Waals surface area contributed by atoms with Crippen LogP contribution in [0.1, 0.15) is 18.4 Å². The van der Waals surface area contributed by atoms with Crippen LogP contribution in [0, 0.1) is 0 Å². The smallest absolute Gasteiger partial charge is 0.320 e. The van der Waals surface area contributed by atoms with Crippen molar-refractivity contribution in [2.24, 2.45) is 0 Å². The minimum absolute atomic E-state index is 0.275. The second kappa shape index (κ2) is 5.66. The summed E-state index contributed by atoms with van der Waals surface area (Å²) in [5.74, 6) is -1.34. The Morgan fingerprint density at radius 2 is 2.33 bits per heavy atom. The number of hydrogen-bond acceptors (Lipinski definition) is 3. The molecule has 0 fully saturated rings. The third-order valence-corrected chi connectivity index (χ3v) is 2.38. The van der Waals surface area contributed by atoms with E-state index in [-0.39, 0.29) is 6.61 Å². The van der Waals surface area contributed by atoms with E-state index in [1.807, 2.05) is 6.07 Å². The molecule has 15 heavy (non-hydrogen) atoms. The monoisotopic (exact) mass is 270 g/mol. The van der Waals surface area contributed by atoms with Crippen LogP contribution in [0.4, 0.5) is 0 Å². The van der Waals surface area contributed by atoms with Crippen LogP contribution in [0.2, 0.25) is 0 Å². The van der Waals surface area contributed by atoms with E-state index in [2.05, 4.69) is 15.9 Å². The topological polar surface area (TPSA) is 43.4 Å². The van der Waals surface area contributed by atoms with Crippen molar-refractivity contribution < 1.29 is 14.3 Å². The lowest BCUT2D eigenvalue weighted by Crippen LogP contribution is -2.17. The van der Waals surface area contributed by atoms with Crippen LogP contribution in [-0.2, 0) is 14.3 Å². The molecule has 0 aliphatic heterocycles. The Kier molecular flexibility index (Phi) is 4.49. The van der Waals surface area contributed by atoms with Crippen molar-refractivity contribution in [3.63, 3.8) is 0 Å². The minimum Gasteiger partial charge on any atom is -0.465 e. The van der Waals surface area contributed by atoms with Crippen LogP contribution in [0.3, 0.4) is 0 Å². The summed E-state index contributed by atoms with van der Waals surface area (Å²) in [6.07, 6.45) is 0.597. The zero-order valence-electron chi connectivity index (χ0n) is 8.27. The molecular formula is C11H11BrO3. The molecule has 0 aliphatic carbocycles. The molecule has 1 atom stereocenters. The largest absolute Gasteiger partial charge is 0.465 e. The first-order chi connectivity index (χ1) is 7.19. The summed E-state index contributed by atoms with van der Waals surface area (Å²) in [5, 5.41) is 0. The summed E-state index contributed by atoms with van der Waals surface area (Å²) in [4.78, 5) is 22.2. The van der Waals surface area contributed by atoms with Crippen molar-refractivity contribution in [1.29, 1.82) is 0 Å². The predicted molar refractivity (Wildman–Crippen MR) is 59.6 cm³/mol. The SMILES string of the molecule is CCOC(=O)C(C=O)c1cccc(Br)c1. The van der Waals surface area contributed by atoms with Gasteiger partial charge in [-0.05, 0) is 24.6 Å². The lowest BCUT2D eigenvalue weighted by molar-refractivity contribution is -0.146. The Labute approximate surface area is 96.6 Å². The van der Waals surface area contributed by atoms with E-state index >= 15 is 0 Å². The lowest BCUT2D eigenvalue weighted by Gasteiger charge is -2.09. The standard InChI is InChI=1S/C11H11BrO3/c1-2-15-11(14)10(7-13)8-4-3-5-9(12)6-8/h3-7,10H,2H2,1H3. The highest BCUT2D eigenvalue weighted by atomic mass is 79.9. The first kappa shape index (κ1) is 11.9. The van der Waals surface area contributed by atoms with E-state index in [9.17, 15) is 9.59 Å². The Hall–Kier alpha value is -1.16. The first-order valence-electron chi connectivity index (χ1n) is 4.56. The van der Waals surface area contributed by atoms with Crippen LogP contribution in [-0.4, -0.2) is 18.9 Å². The predicted octanol–water partition coefficient (Wildman–Crippen LogP) is 2.29. The van der Waals surface area contributed by atoms with E-state index in [0.29, 0.717) is 11.8 Å². The zero-order valence-corrected chi connectivity index (χ0v) is 9.86. The molecule has 0 saturated carbocycles. The summed E-state index contributed by atoms with van der Waals surface area (Å²) in [6, 6.07) is 7.06. The van der Waals surface area contributed by atoms with Gasteiger partial charge in [0.05, 0.1) is 6.61 Å². The van der Waals surface area contributed by atoms with Gasteiger partial charge in [-0.25, -0.2) is 0 Å². The molecule has 1 unspecified atom stereocenters.